The molecular formula is C34H30ClNO6. The Labute approximate surface area is 249 Å². The maximum Gasteiger partial charge on any atom is 0.300 e. The highest BCUT2D eigenvalue weighted by Gasteiger charge is 2.47. The van der Waals surface area contributed by atoms with E-state index in [-0.39, 0.29) is 11.3 Å². The fourth-order valence-electron chi connectivity index (χ4n) is 5.11. The minimum absolute atomic E-state index is 0.0519. The van der Waals surface area contributed by atoms with Gasteiger partial charge in [0, 0.05) is 16.3 Å². The number of hydrogen-bond donors (Lipinski definition) is 1. The maximum atomic E-state index is 13.6. The van der Waals surface area contributed by atoms with Crippen LogP contribution < -0.4 is 19.1 Å². The molecule has 1 saturated heterocycles. The molecule has 42 heavy (non-hydrogen) atoms. The normalized spacial score (nSPS) is 16.0. The molecular weight excluding hydrogens is 554 g/mol. The van der Waals surface area contributed by atoms with Gasteiger partial charge in [-0.15, -0.1) is 0 Å². The second kappa shape index (κ2) is 12.0. The Hall–Kier alpha value is -4.75. The van der Waals surface area contributed by atoms with E-state index in [4.69, 9.17) is 25.8 Å². The number of carbonyl (C=O) groups excluding carboxylic acids is 2. The number of anilines is 1. The van der Waals surface area contributed by atoms with Crippen LogP contribution in [-0.4, -0.2) is 31.0 Å². The molecule has 5 rings (SSSR count). The molecule has 1 amide bonds. The third-order valence-electron chi connectivity index (χ3n) is 7.28. The lowest BCUT2D eigenvalue weighted by molar-refractivity contribution is -0.132. The van der Waals surface area contributed by atoms with E-state index in [9.17, 15) is 14.7 Å². The van der Waals surface area contributed by atoms with Gasteiger partial charge in [0.05, 0.1) is 25.8 Å². The van der Waals surface area contributed by atoms with Crippen molar-refractivity contribution >= 4 is 34.7 Å². The quantitative estimate of drug-likeness (QED) is 0.134. The Morgan fingerprint density at radius 1 is 0.833 bits per heavy atom. The van der Waals surface area contributed by atoms with Gasteiger partial charge in [-0.1, -0.05) is 54.1 Å². The fourth-order valence-corrected chi connectivity index (χ4v) is 5.28. The van der Waals surface area contributed by atoms with Crippen LogP contribution in [0, 0.1) is 13.8 Å². The van der Waals surface area contributed by atoms with E-state index in [1.165, 1.54) is 19.1 Å². The van der Waals surface area contributed by atoms with Crippen molar-refractivity contribution in [1.29, 1.82) is 0 Å². The van der Waals surface area contributed by atoms with Gasteiger partial charge < -0.3 is 19.3 Å². The van der Waals surface area contributed by atoms with Crippen LogP contribution >= 0.6 is 11.6 Å². The first-order valence-corrected chi connectivity index (χ1v) is 13.7. The summed E-state index contributed by atoms with van der Waals surface area (Å²) in [5.74, 6) is -0.345. The number of aryl methyl sites for hydroxylation is 2. The fraction of sp³-hybridized carbons (Fsp3) is 0.176. The standard InChI is InChI=1S/C34H30ClNO6/c1-20-10-13-25(35)18-26(20)36-31(23-11-15-28(40-3)29(17-23)41-4)30(33(38)34(36)39)32(37)24-12-14-27(21(2)16-24)42-19-22-8-6-5-7-9-22/h5-18,31,37H,19H2,1-4H3/b32-30+. The van der Waals surface area contributed by atoms with E-state index in [2.05, 4.69) is 0 Å². The summed E-state index contributed by atoms with van der Waals surface area (Å²) < 4.78 is 16.9. The van der Waals surface area contributed by atoms with Crippen molar-refractivity contribution in [2.24, 2.45) is 0 Å². The highest BCUT2D eigenvalue weighted by Crippen LogP contribution is 2.45. The number of ketones is 1. The Balaban J connectivity index is 1.62. The molecule has 0 aliphatic carbocycles. The molecule has 8 heteroatoms. The van der Waals surface area contributed by atoms with Crippen LogP contribution in [0.1, 0.15) is 33.9 Å². The number of aliphatic hydroxyl groups excluding tert-OH is 1. The van der Waals surface area contributed by atoms with Crippen molar-refractivity contribution in [2.45, 2.75) is 26.5 Å². The van der Waals surface area contributed by atoms with Gasteiger partial charge in [0.2, 0.25) is 0 Å². The zero-order chi connectivity index (χ0) is 30.0. The number of Topliss-reactive ketones (excluding diaryl/α,β-unsaturated/α-hetero) is 1. The Kier molecular flexibility index (Phi) is 8.22. The van der Waals surface area contributed by atoms with Gasteiger partial charge >= 0.3 is 0 Å². The average Bonchev–Trinajstić information content (AvgIpc) is 3.27. The van der Waals surface area contributed by atoms with Crippen LogP contribution in [0.5, 0.6) is 17.2 Å². The van der Waals surface area contributed by atoms with Crippen molar-refractivity contribution in [3.8, 4) is 17.2 Å². The zero-order valence-corrected chi connectivity index (χ0v) is 24.4. The molecule has 0 radical (unpaired) electrons. The summed E-state index contributed by atoms with van der Waals surface area (Å²) in [6.07, 6.45) is 0. The zero-order valence-electron chi connectivity index (χ0n) is 23.7. The third kappa shape index (κ3) is 5.43. The summed E-state index contributed by atoms with van der Waals surface area (Å²) in [5.41, 5.74) is 3.86. The molecule has 4 aromatic rings. The van der Waals surface area contributed by atoms with E-state index < -0.39 is 17.7 Å². The molecule has 1 aliphatic heterocycles. The SMILES string of the molecule is COc1ccc(C2/C(=C(\O)c3ccc(OCc4ccccc4)c(C)c3)C(=O)C(=O)N2c2cc(Cl)ccc2C)cc1OC. The molecule has 1 atom stereocenters. The van der Waals surface area contributed by atoms with Gasteiger partial charge in [0.15, 0.2) is 11.5 Å². The van der Waals surface area contributed by atoms with Crippen LogP contribution in [0.3, 0.4) is 0 Å². The van der Waals surface area contributed by atoms with E-state index in [0.29, 0.717) is 45.7 Å². The molecule has 7 nitrogen and oxygen atoms in total. The molecule has 4 aromatic carbocycles. The molecule has 0 saturated carbocycles. The largest absolute Gasteiger partial charge is 0.507 e. The molecule has 1 unspecified atom stereocenters. The summed E-state index contributed by atoms with van der Waals surface area (Å²) >= 11 is 6.32. The summed E-state index contributed by atoms with van der Waals surface area (Å²) in [4.78, 5) is 28.7. The molecule has 0 aromatic heterocycles. The van der Waals surface area contributed by atoms with Crippen molar-refractivity contribution in [2.75, 3.05) is 19.1 Å². The number of methoxy groups -OCH3 is 2. The van der Waals surface area contributed by atoms with E-state index in [1.807, 2.05) is 44.2 Å². The smallest absolute Gasteiger partial charge is 0.300 e. The van der Waals surface area contributed by atoms with Crippen molar-refractivity contribution in [3.63, 3.8) is 0 Å². The third-order valence-corrected chi connectivity index (χ3v) is 7.52. The first-order chi connectivity index (χ1) is 20.2. The van der Waals surface area contributed by atoms with Gasteiger partial charge in [-0.25, -0.2) is 0 Å². The number of nitrogens with zero attached hydrogens (tertiary/aromatic N) is 1. The second-order valence-corrected chi connectivity index (χ2v) is 10.4. The van der Waals surface area contributed by atoms with E-state index in [1.54, 1.807) is 54.6 Å². The maximum absolute atomic E-state index is 13.6. The number of amides is 1. The molecule has 1 fully saturated rings. The number of rotatable bonds is 8. The first kappa shape index (κ1) is 28.8. The average molecular weight is 584 g/mol. The first-order valence-electron chi connectivity index (χ1n) is 13.3. The number of aliphatic hydroxyl groups is 1. The van der Waals surface area contributed by atoms with Gasteiger partial charge in [-0.2, -0.15) is 0 Å². The summed E-state index contributed by atoms with van der Waals surface area (Å²) in [7, 11) is 3.03. The van der Waals surface area contributed by atoms with Crippen molar-refractivity contribution < 1.29 is 28.9 Å². The minimum atomic E-state index is -0.962. The number of halogens is 1. The molecule has 1 heterocycles. The van der Waals surface area contributed by atoms with Crippen LogP contribution in [-0.2, 0) is 16.2 Å². The highest BCUT2D eigenvalue weighted by molar-refractivity contribution is 6.52. The second-order valence-electron chi connectivity index (χ2n) is 9.97. The summed E-state index contributed by atoms with van der Waals surface area (Å²) in [6.45, 7) is 4.07. The molecule has 1 N–H and O–H groups in total. The lowest BCUT2D eigenvalue weighted by atomic mass is 9.94. The highest BCUT2D eigenvalue weighted by atomic mass is 35.5. The molecule has 0 bridgehead atoms. The predicted molar refractivity (Wildman–Crippen MR) is 162 cm³/mol. The Morgan fingerprint density at radius 2 is 1.55 bits per heavy atom. The minimum Gasteiger partial charge on any atom is -0.507 e. The Bertz CT molecular complexity index is 1700. The summed E-state index contributed by atoms with van der Waals surface area (Å²) in [6, 6.07) is 24.2. The van der Waals surface area contributed by atoms with Gasteiger partial charge in [-0.3, -0.25) is 14.5 Å². The number of benzene rings is 4. The van der Waals surface area contributed by atoms with Gasteiger partial charge in [0.1, 0.15) is 18.1 Å². The monoisotopic (exact) mass is 583 g/mol. The predicted octanol–water partition coefficient (Wildman–Crippen LogP) is 7.18. The molecule has 1 aliphatic rings. The molecule has 214 valence electrons. The summed E-state index contributed by atoms with van der Waals surface area (Å²) in [5, 5.41) is 12.0. The van der Waals surface area contributed by atoms with Crippen LogP contribution in [0.15, 0.2) is 90.5 Å². The van der Waals surface area contributed by atoms with Crippen LogP contribution in [0.2, 0.25) is 5.02 Å². The Morgan fingerprint density at radius 3 is 2.24 bits per heavy atom. The topological polar surface area (TPSA) is 85.3 Å². The van der Waals surface area contributed by atoms with Crippen molar-refractivity contribution in [3.05, 3.63) is 123 Å². The van der Waals surface area contributed by atoms with E-state index >= 15 is 0 Å². The van der Waals surface area contributed by atoms with Crippen LogP contribution in [0.4, 0.5) is 5.69 Å². The number of hydrogen-bond acceptors (Lipinski definition) is 6. The molecule has 0 spiro atoms. The van der Waals surface area contributed by atoms with Gasteiger partial charge in [0.25, 0.3) is 11.7 Å². The van der Waals surface area contributed by atoms with Crippen molar-refractivity contribution in [1.82, 2.24) is 0 Å². The number of carbonyl (C=O) groups is 2. The van der Waals surface area contributed by atoms with Crippen LogP contribution in [0.25, 0.3) is 5.76 Å². The number of ether oxygens (including phenoxy) is 3. The lowest BCUT2D eigenvalue weighted by Gasteiger charge is -2.27. The van der Waals surface area contributed by atoms with Gasteiger partial charge in [-0.05, 0) is 78.6 Å². The lowest BCUT2D eigenvalue weighted by Crippen LogP contribution is -2.30. The van der Waals surface area contributed by atoms with E-state index in [0.717, 1.165) is 16.7 Å².